The number of amidine groups is 1. The first-order valence-corrected chi connectivity index (χ1v) is 9.68. The van der Waals surface area contributed by atoms with Gasteiger partial charge in [-0.3, -0.25) is 9.78 Å². The maximum atomic E-state index is 12.5. The molecule has 130 valence electrons. The summed E-state index contributed by atoms with van der Waals surface area (Å²) in [5.41, 5.74) is 8.77. The van der Waals surface area contributed by atoms with Crippen molar-refractivity contribution in [3.63, 3.8) is 0 Å². The van der Waals surface area contributed by atoms with Crippen LogP contribution in [0, 0.1) is 0 Å². The number of benzene rings is 2. The summed E-state index contributed by atoms with van der Waals surface area (Å²) in [6.45, 7) is 0. The molecule has 7 heteroatoms. The molecule has 2 aromatic carbocycles. The summed E-state index contributed by atoms with van der Waals surface area (Å²) in [6, 6.07) is 14.8. The number of halogens is 1. The molecule has 0 saturated carbocycles. The molecular formula is C19H15ClN4OS. The van der Waals surface area contributed by atoms with Crippen LogP contribution in [-0.2, 0) is 4.79 Å². The Balaban J connectivity index is 1.65. The van der Waals surface area contributed by atoms with Crippen LogP contribution < -0.4 is 11.1 Å². The number of nitrogens with one attached hydrogen (secondary N) is 1. The van der Waals surface area contributed by atoms with E-state index in [0.29, 0.717) is 21.6 Å². The van der Waals surface area contributed by atoms with Crippen molar-refractivity contribution >= 4 is 61.3 Å². The maximum Gasteiger partial charge on any atom is 0.265 e. The Morgan fingerprint density at radius 3 is 2.88 bits per heavy atom. The first-order valence-electron chi connectivity index (χ1n) is 7.85. The van der Waals surface area contributed by atoms with E-state index < -0.39 is 15.7 Å². The van der Waals surface area contributed by atoms with Gasteiger partial charge in [0.15, 0.2) is 5.17 Å². The van der Waals surface area contributed by atoms with Crippen molar-refractivity contribution in [2.24, 2.45) is 4.99 Å². The number of aromatic nitrogens is 1. The van der Waals surface area contributed by atoms with E-state index in [1.54, 1.807) is 24.4 Å². The van der Waals surface area contributed by atoms with Gasteiger partial charge in [0.1, 0.15) is 5.25 Å². The second kappa shape index (κ2) is 6.55. The van der Waals surface area contributed by atoms with Gasteiger partial charge in [-0.05, 0) is 42.0 Å². The van der Waals surface area contributed by atoms with Gasteiger partial charge in [-0.15, -0.1) is 10.5 Å². The quantitative estimate of drug-likeness (QED) is 0.513. The van der Waals surface area contributed by atoms with Crippen LogP contribution in [0.1, 0.15) is 10.8 Å². The minimum atomic E-state index is -0.668. The molecule has 4 rings (SSSR count). The van der Waals surface area contributed by atoms with Crippen molar-refractivity contribution in [2.75, 3.05) is 11.1 Å². The number of hydrogen-bond donors (Lipinski definition) is 2. The Morgan fingerprint density at radius 2 is 2.04 bits per heavy atom. The molecule has 0 radical (unpaired) electrons. The molecule has 3 aromatic rings. The van der Waals surface area contributed by atoms with Gasteiger partial charge in [-0.1, -0.05) is 29.6 Å². The Morgan fingerprint density at radius 1 is 1.19 bits per heavy atom. The van der Waals surface area contributed by atoms with Crippen molar-refractivity contribution in [1.29, 1.82) is 0 Å². The third-order valence-electron chi connectivity index (χ3n) is 4.13. The minimum absolute atomic E-state index is 0.214. The number of pyridine rings is 1. The minimum Gasteiger partial charge on any atom is -0.399 e. The van der Waals surface area contributed by atoms with E-state index in [-0.39, 0.29) is 5.91 Å². The van der Waals surface area contributed by atoms with E-state index in [0.717, 1.165) is 16.5 Å². The molecule has 26 heavy (non-hydrogen) atoms. The molecule has 5 nitrogen and oxygen atoms in total. The highest BCUT2D eigenvalue weighted by atomic mass is 35.5. The molecule has 1 aromatic heterocycles. The normalized spacial score (nSPS) is 19.6. The van der Waals surface area contributed by atoms with Gasteiger partial charge in [0, 0.05) is 17.3 Å². The summed E-state index contributed by atoms with van der Waals surface area (Å²) in [7, 11) is -0.668. The van der Waals surface area contributed by atoms with E-state index in [4.69, 9.17) is 17.3 Å². The van der Waals surface area contributed by atoms with E-state index in [9.17, 15) is 4.79 Å². The first kappa shape index (κ1) is 16.8. The van der Waals surface area contributed by atoms with Crippen LogP contribution in [-0.4, -0.2) is 21.9 Å². The largest absolute Gasteiger partial charge is 0.399 e. The number of hydrogen-bond acceptors (Lipinski definition) is 4. The zero-order chi connectivity index (χ0) is 18.3. The lowest BCUT2D eigenvalue weighted by molar-refractivity contribution is -0.117. The van der Waals surface area contributed by atoms with Gasteiger partial charge >= 0.3 is 0 Å². The molecule has 0 saturated heterocycles. The summed E-state index contributed by atoms with van der Waals surface area (Å²) in [5.74, 6) is 3.97. The molecule has 2 heterocycles. The van der Waals surface area contributed by atoms with E-state index in [2.05, 4.69) is 21.2 Å². The third-order valence-corrected chi connectivity index (χ3v) is 6.19. The Kier molecular flexibility index (Phi) is 4.22. The van der Waals surface area contributed by atoms with Crippen molar-refractivity contribution in [3.05, 3.63) is 65.3 Å². The number of carbonyl (C=O) groups excluding carboxylic acids is 1. The first-order chi connectivity index (χ1) is 12.5. The van der Waals surface area contributed by atoms with Crippen LogP contribution in [0.5, 0.6) is 0 Å². The summed E-state index contributed by atoms with van der Waals surface area (Å²) >= 11 is 6.20. The highest BCUT2D eigenvalue weighted by Gasteiger charge is 2.32. The van der Waals surface area contributed by atoms with Gasteiger partial charge in [0.05, 0.1) is 16.2 Å². The number of carbonyl (C=O) groups is 1. The number of rotatable bonds is 2. The van der Waals surface area contributed by atoms with Gasteiger partial charge < -0.3 is 11.1 Å². The SMILES string of the molecule is C=S1C(Nc2cc(N)ccc2Cl)=NC(=O)C1c1ccc2ncccc2c1. The summed E-state index contributed by atoms with van der Waals surface area (Å²) in [5, 5.41) is 4.71. The molecule has 3 N–H and O–H groups in total. The Bertz CT molecular complexity index is 1100. The average molecular weight is 383 g/mol. The second-order valence-electron chi connectivity index (χ2n) is 5.88. The van der Waals surface area contributed by atoms with Crippen molar-refractivity contribution in [3.8, 4) is 0 Å². The highest BCUT2D eigenvalue weighted by molar-refractivity contribution is 8.28. The van der Waals surface area contributed by atoms with Crippen LogP contribution in [0.4, 0.5) is 11.4 Å². The fourth-order valence-electron chi connectivity index (χ4n) is 2.86. The molecule has 1 aliphatic rings. The maximum absolute atomic E-state index is 12.5. The molecule has 2 unspecified atom stereocenters. The molecule has 0 bridgehead atoms. The number of nitrogens with zero attached hydrogens (tertiary/aromatic N) is 2. The zero-order valence-corrected chi connectivity index (χ0v) is 15.2. The molecule has 0 fully saturated rings. The second-order valence-corrected chi connectivity index (χ2v) is 8.01. The lowest BCUT2D eigenvalue weighted by Gasteiger charge is -2.14. The van der Waals surface area contributed by atoms with Crippen molar-refractivity contribution in [1.82, 2.24) is 4.98 Å². The monoisotopic (exact) mass is 382 g/mol. The lowest BCUT2D eigenvalue weighted by atomic mass is 10.1. The van der Waals surface area contributed by atoms with Crippen molar-refractivity contribution in [2.45, 2.75) is 5.25 Å². The number of aliphatic imine (C=N–C) groups is 1. The average Bonchev–Trinajstić information content (AvgIpc) is 2.91. The topological polar surface area (TPSA) is 80.4 Å². The fraction of sp³-hybridized carbons (Fsp3) is 0.0526. The summed E-state index contributed by atoms with van der Waals surface area (Å²) in [4.78, 5) is 21.0. The number of fused-ring (bicyclic) bond motifs is 1. The van der Waals surface area contributed by atoms with Gasteiger partial charge in [0.25, 0.3) is 5.91 Å². The Labute approximate surface area is 157 Å². The van der Waals surface area contributed by atoms with E-state index in [1.165, 1.54) is 0 Å². The van der Waals surface area contributed by atoms with Gasteiger partial charge in [-0.2, -0.15) is 4.99 Å². The molecule has 2 atom stereocenters. The van der Waals surface area contributed by atoms with E-state index in [1.807, 2.05) is 30.3 Å². The smallest absolute Gasteiger partial charge is 0.265 e. The Hall–Kier alpha value is -2.70. The predicted molar refractivity (Wildman–Crippen MR) is 111 cm³/mol. The van der Waals surface area contributed by atoms with Crippen LogP contribution in [0.15, 0.2) is 59.7 Å². The number of amides is 1. The van der Waals surface area contributed by atoms with Crippen molar-refractivity contribution < 1.29 is 4.79 Å². The van der Waals surface area contributed by atoms with Crippen LogP contribution in [0.2, 0.25) is 5.02 Å². The zero-order valence-electron chi connectivity index (χ0n) is 13.6. The fourth-order valence-corrected chi connectivity index (χ4v) is 4.47. The number of anilines is 2. The summed E-state index contributed by atoms with van der Waals surface area (Å²) < 4.78 is 0. The standard InChI is InChI=1S/C19H15ClN4OS/c1-26-17(12-4-7-15-11(9-12)3-2-8-22-15)18(25)24-19(26)23-16-10-13(21)5-6-14(16)20/h2-10,17H,1,21H2,(H,23,24,25). The highest BCUT2D eigenvalue weighted by Crippen LogP contribution is 2.42. The molecular weight excluding hydrogens is 368 g/mol. The number of nitrogen functional groups attached to an aromatic ring is 1. The third kappa shape index (κ3) is 2.98. The van der Waals surface area contributed by atoms with E-state index >= 15 is 0 Å². The van der Waals surface area contributed by atoms with Gasteiger partial charge in [0.2, 0.25) is 0 Å². The molecule has 0 aliphatic carbocycles. The number of nitrogens with two attached hydrogens (primary N) is 1. The summed E-state index contributed by atoms with van der Waals surface area (Å²) in [6.07, 6.45) is 1.75. The molecule has 1 amide bonds. The lowest BCUT2D eigenvalue weighted by Crippen LogP contribution is -2.08. The van der Waals surface area contributed by atoms with Gasteiger partial charge in [-0.25, -0.2) is 0 Å². The predicted octanol–water partition coefficient (Wildman–Crippen LogP) is 4.22. The van der Waals surface area contributed by atoms with Crippen LogP contribution in [0.3, 0.4) is 0 Å². The molecule has 0 spiro atoms. The van der Waals surface area contributed by atoms with Crippen LogP contribution >= 0.6 is 22.1 Å². The van der Waals surface area contributed by atoms with Crippen LogP contribution in [0.25, 0.3) is 10.9 Å². The molecule has 1 aliphatic heterocycles.